The van der Waals surface area contributed by atoms with Crippen LogP contribution in [-0.2, 0) is 0 Å². The lowest BCUT2D eigenvalue weighted by atomic mass is 9.99. The van der Waals surface area contributed by atoms with Gasteiger partial charge in [-0.2, -0.15) is 0 Å². The second-order valence-electron chi connectivity index (χ2n) is 4.58. The summed E-state index contributed by atoms with van der Waals surface area (Å²) in [5.74, 6) is 0.933. The Balaban J connectivity index is 2.05. The van der Waals surface area contributed by atoms with Crippen LogP contribution in [0, 0.1) is 0 Å². The standard InChI is InChI=1S/C14H16N2O/c1-16-8-2-4-13(16)12-10-15-7-6-11(12)14-5-3-9-17-14/h3,5-7,9-10,13H,2,4,8H2,1H3/t13-/m0/s1. The van der Waals surface area contributed by atoms with E-state index >= 15 is 0 Å². The van der Waals surface area contributed by atoms with Gasteiger partial charge in [0.05, 0.1) is 6.26 Å². The van der Waals surface area contributed by atoms with Crippen LogP contribution < -0.4 is 0 Å². The van der Waals surface area contributed by atoms with E-state index in [1.165, 1.54) is 24.0 Å². The SMILES string of the molecule is CN1CCC[C@H]1c1cnccc1-c1ccco1. The molecule has 3 rings (SSSR count). The molecule has 3 heterocycles. The predicted octanol–water partition coefficient (Wildman–Crippen LogP) is 3.11. The average molecular weight is 228 g/mol. The fourth-order valence-electron chi connectivity index (χ4n) is 2.63. The first-order valence-electron chi connectivity index (χ1n) is 6.04. The summed E-state index contributed by atoms with van der Waals surface area (Å²) in [6.07, 6.45) is 7.99. The molecule has 0 N–H and O–H groups in total. The molecule has 0 aliphatic carbocycles. The number of rotatable bonds is 2. The molecule has 0 spiro atoms. The van der Waals surface area contributed by atoms with Crippen LogP contribution in [0.15, 0.2) is 41.3 Å². The van der Waals surface area contributed by atoms with E-state index in [0.717, 1.165) is 12.3 Å². The minimum Gasteiger partial charge on any atom is -0.464 e. The van der Waals surface area contributed by atoms with Gasteiger partial charge in [-0.25, -0.2) is 0 Å². The Bertz CT molecular complexity index is 493. The van der Waals surface area contributed by atoms with Crippen molar-refractivity contribution < 1.29 is 4.42 Å². The van der Waals surface area contributed by atoms with Gasteiger partial charge in [-0.3, -0.25) is 9.88 Å². The highest BCUT2D eigenvalue weighted by atomic mass is 16.3. The second kappa shape index (κ2) is 4.34. The van der Waals surface area contributed by atoms with E-state index in [2.05, 4.69) is 16.9 Å². The molecule has 3 nitrogen and oxygen atoms in total. The highest BCUT2D eigenvalue weighted by Crippen LogP contribution is 2.36. The topological polar surface area (TPSA) is 29.3 Å². The third kappa shape index (κ3) is 1.87. The number of aromatic nitrogens is 1. The van der Waals surface area contributed by atoms with Gasteiger partial charge in [0, 0.05) is 24.0 Å². The van der Waals surface area contributed by atoms with E-state index in [1.807, 2.05) is 30.6 Å². The molecule has 1 aliphatic heterocycles. The molecule has 0 amide bonds. The van der Waals surface area contributed by atoms with Crippen molar-refractivity contribution in [3.8, 4) is 11.3 Å². The largest absolute Gasteiger partial charge is 0.464 e. The van der Waals surface area contributed by atoms with Gasteiger partial charge < -0.3 is 4.42 Å². The zero-order valence-corrected chi connectivity index (χ0v) is 9.97. The zero-order valence-electron chi connectivity index (χ0n) is 9.97. The van der Waals surface area contributed by atoms with Crippen LogP contribution in [0.5, 0.6) is 0 Å². The molecule has 0 unspecified atom stereocenters. The molecule has 17 heavy (non-hydrogen) atoms. The van der Waals surface area contributed by atoms with Crippen molar-refractivity contribution >= 4 is 0 Å². The number of nitrogens with zero attached hydrogens (tertiary/aromatic N) is 2. The van der Waals surface area contributed by atoms with Crippen LogP contribution in [-0.4, -0.2) is 23.5 Å². The van der Waals surface area contributed by atoms with E-state index in [9.17, 15) is 0 Å². The number of hydrogen-bond acceptors (Lipinski definition) is 3. The fourth-order valence-corrected chi connectivity index (χ4v) is 2.63. The smallest absolute Gasteiger partial charge is 0.134 e. The Morgan fingerprint density at radius 3 is 3.06 bits per heavy atom. The third-order valence-corrected chi connectivity index (χ3v) is 3.52. The van der Waals surface area contributed by atoms with Gasteiger partial charge in [0.15, 0.2) is 0 Å². The van der Waals surface area contributed by atoms with Crippen LogP contribution in [0.3, 0.4) is 0 Å². The maximum atomic E-state index is 5.51. The van der Waals surface area contributed by atoms with Crippen molar-refractivity contribution in [1.29, 1.82) is 0 Å². The highest BCUT2D eigenvalue weighted by Gasteiger charge is 2.25. The molecule has 1 saturated heterocycles. The Labute approximate surface area is 101 Å². The zero-order chi connectivity index (χ0) is 11.7. The van der Waals surface area contributed by atoms with Gasteiger partial charge in [-0.1, -0.05) is 0 Å². The van der Waals surface area contributed by atoms with Gasteiger partial charge in [0.2, 0.25) is 0 Å². The van der Waals surface area contributed by atoms with Crippen molar-refractivity contribution in [2.45, 2.75) is 18.9 Å². The van der Waals surface area contributed by atoms with Crippen molar-refractivity contribution in [3.05, 3.63) is 42.4 Å². The van der Waals surface area contributed by atoms with Crippen LogP contribution in [0.25, 0.3) is 11.3 Å². The minimum absolute atomic E-state index is 0.476. The van der Waals surface area contributed by atoms with Gasteiger partial charge in [0.25, 0.3) is 0 Å². The monoisotopic (exact) mass is 228 g/mol. The molecule has 1 aliphatic rings. The van der Waals surface area contributed by atoms with Crippen molar-refractivity contribution in [2.75, 3.05) is 13.6 Å². The molecule has 0 bridgehead atoms. The Kier molecular flexibility index (Phi) is 2.69. The lowest BCUT2D eigenvalue weighted by Crippen LogP contribution is -2.18. The molecule has 2 aromatic heterocycles. The Morgan fingerprint density at radius 2 is 2.35 bits per heavy atom. The van der Waals surface area contributed by atoms with E-state index in [1.54, 1.807) is 6.26 Å². The molecular weight excluding hydrogens is 212 g/mol. The molecule has 88 valence electrons. The molecule has 0 saturated carbocycles. The molecule has 1 atom stereocenters. The summed E-state index contributed by atoms with van der Waals surface area (Å²) < 4.78 is 5.51. The Hall–Kier alpha value is -1.61. The number of pyridine rings is 1. The van der Waals surface area contributed by atoms with Crippen LogP contribution in [0.4, 0.5) is 0 Å². The van der Waals surface area contributed by atoms with Crippen molar-refractivity contribution in [3.63, 3.8) is 0 Å². The van der Waals surface area contributed by atoms with Crippen molar-refractivity contribution in [2.24, 2.45) is 0 Å². The maximum absolute atomic E-state index is 5.51. The maximum Gasteiger partial charge on any atom is 0.134 e. The fraction of sp³-hybridized carbons (Fsp3) is 0.357. The summed E-state index contributed by atoms with van der Waals surface area (Å²) in [6, 6.07) is 6.45. The van der Waals surface area contributed by atoms with Gasteiger partial charge in [0.1, 0.15) is 5.76 Å². The van der Waals surface area contributed by atoms with E-state index in [-0.39, 0.29) is 0 Å². The first-order chi connectivity index (χ1) is 8.36. The lowest BCUT2D eigenvalue weighted by molar-refractivity contribution is 0.317. The molecule has 3 heteroatoms. The van der Waals surface area contributed by atoms with E-state index < -0.39 is 0 Å². The highest BCUT2D eigenvalue weighted by molar-refractivity contribution is 5.62. The first kappa shape index (κ1) is 10.5. The summed E-state index contributed by atoms with van der Waals surface area (Å²) in [5, 5.41) is 0. The molecule has 0 aromatic carbocycles. The molecule has 1 fully saturated rings. The summed E-state index contributed by atoms with van der Waals surface area (Å²) in [5.41, 5.74) is 2.45. The predicted molar refractivity (Wildman–Crippen MR) is 66.5 cm³/mol. The molecular formula is C14H16N2O. The van der Waals surface area contributed by atoms with E-state index in [0.29, 0.717) is 6.04 Å². The van der Waals surface area contributed by atoms with E-state index in [4.69, 9.17) is 4.42 Å². The van der Waals surface area contributed by atoms with Gasteiger partial charge in [-0.05, 0) is 50.2 Å². The van der Waals surface area contributed by atoms with Gasteiger partial charge >= 0.3 is 0 Å². The minimum atomic E-state index is 0.476. The van der Waals surface area contributed by atoms with Crippen LogP contribution in [0.2, 0.25) is 0 Å². The summed E-state index contributed by atoms with van der Waals surface area (Å²) >= 11 is 0. The third-order valence-electron chi connectivity index (χ3n) is 3.52. The summed E-state index contributed by atoms with van der Waals surface area (Å²) in [6.45, 7) is 1.16. The Morgan fingerprint density at radius 1 is 1.41 bits per heavy atom. The van der Waals surface area contributed by atoms with Crippen LogP contribution >= 0.6 is 0 Å². The molecule has 2 aromatic rings. The summed E-state index contributed by atoms with van der Waals surface area (Å²) in [7, 11) is 2.18. The van der Waals surface area contributed by atoms with Gasteiger partial charge in [-0.15, -0.1) is 0 Å². The number of likely N-dealkylation sites (tertiary alicyclic amines) is 1. The number of furan rings is 1. The normalized spacial score (nSPS) is 20.9. The number of hydrogen-bond donors (Lipinski definition) is 0. The molecule has 0 radical (unpaired) electrons. The van der Waals surface area contributed by atoms with Crippen molar-refractivity contribution in [1.82, 2.24) is 9.88 Å². The lowest BCUT2D eigenvalue weighted by Gasteiger charge is -2.21. The second-order valence-corrected chi connectivity index (χ2v) is 4.58. The van der Waals surface area contributed by atoms with Crippen LogP contribution in [0.1, 0.15) is 24.4 Å². The first-order valence-corrected chi connectivity index (χ1v) is 6.04. The summed E-state index contributed by atoms with van der Waals surface area (Å²) in [4.78, 5) is 6.66. The quantitative estimate of drug-likeness (QED) is 0.791. The average Bonchev–Trinajstić information content (AvgIpc) is 3.00.